The lowest BCUT2D eigenvalue weighted by Gasteiger charge is -2.11. The van der Waals surface area contributed by atoms with Crippen molar-refractivity contribution in [1.29, 1.82) is 0 Å². The molecule has 3 heteroatoms. The Kier molecular flexibility index (Phi) is 7.01. The molecule has 1 saturated carbocycles. The predicted molar refractivity (Wildman–Crippen MR) is 57.6 cm³/mol. The van der Waals surface area contributed by atoms with Gasteiger partial charge in [0.2, 0.25) is 0 Å². The molecule has 0 saturated heterocycles. The van der Waals surface area contributed by atoms with Gasteiger partial charge < -0.3 is 14.8 Å². The molecule has 0 atom stereocenters. The molecule has 1 rings (SSSR count). The van der Waals surface area contributed by atoms with Gasteiger partial charge in [-0.15, -0.1) is 0 Å². The number of hydrogen-bond donors (Lipinski definition) is 1. The van der Waals surface area contributed by atoms with Gasteiger partial charge in [-0.05, 0) is 19.8 Å². The van der Waals surface area contributed by atoms with Gasteiger partial charge in [-0.25, -0.2) is 0 Å². The van der Waals surface area contributed by atoms with E-state index in [2.05, 4.69) is 5.32 Å². The summed E-state index contributed by atoms with van der Waals surface area (Å²) >= 11 is 0. The molecule has 84 valence electrons. The fourth-order valence-electron chi connectivity index (χ4n) is 1.77. The summed E-state index contributed by atoms with van der Waals surface area (Å²) in [7, 11) is 0. The first-order valence-corrected chi connectivity index (χ1v) is 5.83. The van der Waals surface area contributed by atoms with Crippen molar-refractivity contribution in [3.63, 3.8) is 0 Å². The van der Waals surface area contributed by atoms with Gasteiger partial charge in [0.15, 0.2) is 0 Å². The Balaban J connectivity index is 1.75. The van der Waals surface area contributed by atoms with Crippen LogP contribution in [0.15, 0.2) is 0 Å². The van der Waals surface area contributed by atoms with Crippen LogP contribution in [0.5, 0.6) is 0 Å². The molecular formula is C11H23NO2. The summed E-state index contributed by atoms with van der Waals surface area (Å²) in [5.41, 5.74) is 0. The molecule has 0 aromatic rings. The molecule has 1 aliphatic carbocycles. The van der Waals surface area contributed by atoms with E-state index in [0.29, 0.717) is 6.10 Å². The van der Waals surface area contributed by atoms with Gasteiger partial charge in [0.05, 0.1) is 19.3 Å². The van der Waals surface area contributed by atoms with Crippen molar-refractivity contribution in [3.8, 4) is 0 Å². The number of ether oxygens (including phenoxy) is 2. The van der Waals surface area contributed by atoms with Crippen molar-refractivity contribution >= 4 is 0 Å². The maximum absolute atomic E-state index is 5.71. The first-order chi connectivity index (χ1) is 6.93. The molecule has 0 aromatic carbocycles. The van der Waals surface area contributed by atoms with E-state index in [1.54, 1.807) is 0 Å². The van der Waals surface area contributed by atoms with Crippen LogP contribution >= 0.6 is 0 Å². The molecular weight excluding hydrogens is 178 g/mol. The van der Waals surface area contributed by atoms with E-state index in [9.17, 15) is 0 Å². The topological polar surface area (TPSA) is 30.5 Å². The van der Waals surface area contributed by atoms with Crippen LogP contribution in [0.4, 0.5) is 0 Å². The lowest BCUT2D eigenvalue weighted by Crippen LogP contribution is -2.25. The number of rotatable bonds is 8. The van der Waals surface area contributed by atoms with Crippen LogP contribution < -0.4 is 5.32 Å². The molecule has 0 heterocycles. The molecule has 0 aliphatic heterocycles. The summed E-state index contributed by atoms with van der Waals surface area (Å²) in [5.74, 6) is 0. The van der Waals surface area contributed by atoms with Gasteiger partial charge in [-0.1, -0.05) is 12.8 Å². The van der Waals surface area contributed by atoms with Crippen LogP contribution in [0.2, 0.25) is 0 Å². The molecule has 14 heavy (non-hydrogen) atoms. The molecule has 1 aliphatic rings. The van der Waals surface area contributed by atoms with Crippen LogP contribution in [0.1, 0.15) is 32.6 Å². The van der Waals surface area contributed by atoms with Crippen LogP contribution in [0, 0.1) is 0 Å². The van der Waals surface area contributed by atoms with E-state index >= 15 is 0 Å². The minimum absolute atomic E-state index is 0.545. The van der Waals surface area contributed by atoms with Crippen molar-refractivity contribution in [3.05, 3.63) is 0 Å². The second-order valence-electron chi connectivity index (χ2n) is 3.72. The van der Waals surface area contributed by atoms with Gasteiger partial charge in [0.1, 0.15) is 0 Å². The molecule has 0 aromatic heterocycles. The summed E-state index contributed by atoms with van der Waals surface area (Å²) < 4.78 is 10.9. The zero-order valence-corrected chi connectivity index (χ0v) is 9.26. The van der Waals surface area contributed by atoms with Crippen molar-refractivity contribution in [2.45, 2.75) is 38.7 Å². The van der Waals surface area contributed by atoms with E-state index in [4.69, 9.17) is 9.47 Å². The Labute approximate surface area is 87.2 Å². The SMILES string of the molecule is CCOCCNCCOC1CCCC1. The summed E-state index contributed by atoms with van der Waals surface area (Å²) in [5, 5.41) is 3.29. The molecule has 0 bridgehead atoms. The van der Waals surface area contributed by atoms with Crippen molar-refractivity contribution in [1.82, 2.24) is 5.32 Å². The van der Waals surface area contributed by atoms with Crippen LogP contribution in [-0.2, 0) is 9.47 Å². The monoisotopic (exact) mass is 201 g/mol. The van der Waals surface area contributed by atoms with Gasteiger partial charge in [0.25, 0.3) is 0 Å². The lowest BCUT2D eigenvalue weighted by molar-refractivity contribution is 0.0590. The van der Waals surface area contributed by atoms with Crippen molar-refractivity contribution in [2.24, 2.45) is 0 Å². The molecule has 3 nitrogen and oxygen atoms in total. The third-order valence-electron chi connectivity index (χ3n) is 2.56. The van der Waals surface area contributed by atoms with E-state index in [0.717, 1.165) is 32.9 Å². The smallest absolute Gasteiger partial charge is 0.0594 e. The Morgan fingerprint density at radius 3 is 2.57 bits per heavy atom. The Morgan fingerprint density at radius 1 is 1.14 bits per heavy atom. The molecule has 0 amide bonds. The highest BCUT2D eigenvalue weighted by molar-refractivity contribution is 4.66. The Hall–Kier alpha value is -0.120. The molecule has 0 radical (unpaired) electrons. The maximum atomic E-state index is 5.71. The first-order valence-electron chi connectivity index (χ1n) is 5.83. The van der Waals surface area contributed by atoms with Gasteiger partial charge >= 0.3 is 0 Å². The van der Waals surface area contributed by atoms with E-state index in [1.165, 1.54) is 25.7 Å². The highest BCUT2D eigenvalue weighted by atomic mass is 16.5. The standard InChI is InChI=1S/C11H23NO2/c1-2-13-9-7-12-8-10-14-11-5-3-4-6-11/h11-12H,2-10H2,1H3. The average Bonchev–Trinajstić information content (AvgIpc) is 2.69. The summed E-state index contributed by atoms with van der Waals surface area (Å²) in [6.45, 7) is 6.35. The normalized spacial score (nSPS) is 17.8. The molecule has 0 unspecified atom stereocenters. The van der Waals surface area contributed by atoms with E-state index in [1.807, 2.05) is 6.92 Å². The minimum atomic E-state index is 0.545. The maximum Gasteiger partial charge on any atom is 0.0594 e. The lowest BCUT2D eigenvalue weighted by atomic mass is 10.3. The number of nitrogens with one attached hydrogen (secondary N) is 1. The predicted octanol–water partition coefficient (Wildman–Crippen LogP) is 1.57. The van der Waals surface area contributed by atoms with Crippen LogP contribution in [-0.4, -0.2) is 39.0 Å². The highest BCUT2D eigenvalue weighted by Crippen LogP contribution is 2.20. The van der Waals surface area contributed by atoms with Gasteiger partial charge in [-0.3, -0.25) is 0 Å². The van der Waals surface area contributed by atoms with E-state index in [-0.39, 0.29) is 0 Å². The Bertz CT molecular complexity index is 124. The third-order valence-corrected chi connectivity index (χ3v) is 2.56. The van der Waals surface area contributed by atoms with Crippen LogP contribution in [0.25, 0.3) is 0 Å². The summed E-state index contributed by atoms with van der Waals surface area (Å²) in [4.78, 5) is 0. The van der Waals surface area contributed by atoms with Gasteiger partial charge in [-0.2, -0.15) is 0 Å². The van der Waals surface area contributed by atoms with Gasteiger partial charge in [0, 0.05) is 19.7 Å². The zero-order valence-electron chi connectivity index (χ0n) is 9.26. The highest BCUT2D eigenvalue weighted by Gasteiger charge is 2.14. The second-order valence-corrected chi connectivity index (χ2v) is 3.72. The Morgan fingerprint density at radius 2 is 1.86 bits per heavy atom. The average molecular weight is 201 g/mol. The number of hydrogen-bond acceptors (Lipinski definition) is 3. The summed E-state index contributed by atoms with van der Waals surface area (Å²) in [6.07, 6.45) is 5.77. The quantitative estimate of drug-likeness (QED) is 0.605. The van der Waals surface area contributed by atoms with Crippen LogP contribution in [0.3, 0.4) is 0 Å². The zero-order chi connectivity index (χ0) is 10.1. The van der Waals surface area contributed by atoms with E-state index < -0.39 is 0 Å². The first kappa shape index (κ1) is 12.0. The third kappa shape index (κ3) is 5.58. The second kappa shape index (κ2) is 8.21. The summed E-state index contributed by atoms with van der Waals surface area (Å²) in [6, 6.07) is 0. The van der Waals surface area contributed by atoms with Crippen molar-refractivity contribution < 1.29 is 9.47 Å². The van der Waals surface area contributed by atoms with Crippen molar-refractivity contribution in [2.75, 3.05) is 32.9 Å². The fraction of sp³-hybridized carbons (Fsp3) is 1.00. The molecule has 1 fully saturated rings. The fourth-order valence-corrected chi connectivity index (χ4v) is 1.77. The molecule has 0 spiro atoms. The molecule has 1 N–H and O–H groups in total. The minimum Gasteiger partial charge on any atom is -0.380 e. The largest absolute Gasteiger partial charge is 0.380 e.